The van der Waals surface area contributed by atoms with E-state index >= 15 is 0 Å². The number of ether oxygens (including phenoxy) is 2. The van der Waals surface area contributed by atoms with Gasteiger partial charge in [-0.05, 0) is 25.1 Å². The lowest BCUT2D eigenvalue weighted by Crippen LogP contribution is -2.14. The van der Waals surface area contributed by atoms with Crippen LogP contribution in [0.4, 0.5) is 5.69 Å². The zero-order chi connectivity index (χ0) is 20.2. The first-order chi connectivity index (χ1) is 14.1. The largest absolute Gasteiger partial charge is 0.454 e. The third-order valence-electron chi connectivity index (χ3n) is 4.29. The van der Waals surface area contributed by atoms with Crippen LogP contribution in [0.5, 0.6) is 11.5 Å². The second-order valence-electron chi connectivity index (χ2n) is 6.48. The number of anilines is 1. The van der Waals surface area contributed by atoms with E-state index in [9.17, 15) is 4.79 Å². The molecule has 2 heterocycles. The van der Waals surface area contributed by atoms with Crippen molar-refractivity contribution in [2.75, 3.05) is 17.9 Å². The van der Waals surface area contributed by atoms with Crippen LogP contribution in [0.15, 0.2) is 60.3 Å². The number of thioether (sulfide) groups is 1. The number of hydrogen-bond acceptors (Lipinski definition) is 6. The lowest BCUT2D eigenvalue weighted by molar-refractivity contribution is -0.113. The molecule has 1 aliphatic rings. The number of nitrogens with one attached hydrogen (secondary N) is 1. The van der Waals surface area contributed by atoms with Gasteiger partial charge >= 0.3 is 0 Å². The third kappa shape index (κ3) is 4.27. The Balaban J connectivity index is 1.45. The number of carbonyl (C=O) groups is 1. The molecule has 1 aliphatic heterocycles. The van der Waals surface area contributed by atoms with Gasteiger partial charge in [0.2, 0.25) is 12.7 Å². The summed E-state index contributed by atoms with van der Waals surface area (Å²) in [7, 11) is 0. The molecular formula is C21H20N4O3S. The van der Waals surface area contributed by atoms with E-state index < -0.39 is 0 Å². The molecule has 1 aromatic heterocycles. The minimum Gasteiger partial charge on any atom is -0.454 e. The molecule has 8 heteroatoms. The Bertz CT molecular complexity index is 1060. The van der Waals surface area contributed by atoms with Crippen molar-refractivity contribution in [1.29, 1.82) is 0 Å². The molecule has 7 nitrogen and oxygen atoms in total. The number of allylic oxidation sites excluding steroid dienone is 1. The molecule has 0 radical (unpaired) electrons. The van der Waals surface area contributed by atoms with E-state index in [0.29, 0.717) is 28.9 Å². The zero-order valence-electron chi connectivity index (χ0n) is 15.9. The average molecular weight is 408 g/mol. The number of aromatic nitrogens is 3. The van der Waals surface area contributed by atoms with Crippen molar-refractivity contribution in [2.45, 2.75) is 18.6 Å². The highest BCUT2D eigenvalue weighted by molar-refractivity contribution is 7.99. The molecule has 148 valence electrons. The molecule has 29 heavy (non-hydrogen) atoms. The van der Waals surface area contributed by atoms with Gasteiger partial charge in [0.05, 0.1) is 5.75 Å². The zero-order valence-corrected chi connectivity index (χ0v) is 16.7. The van der Waals surface area contributed by atoms with Gasteiger partial charge in [-0.1, -0.05) is 41.6 Å². The van der Waals surface area contributed by atoms with E-state index in [4.69, 9.17) is 9.47 Å². The molecule has 1 amide bonds. The number of amides is 1. The molecule has 0 aliphatic carbocycles. The first kappa shape index (κ1) is 19.1. The van der Waals surface area contributed by atoms with Crippen molar-refractivity contribution in [2.24, 2.45) is 0 Å². The molecule has 0 spiro atoms. The maximum absolute atomic E-state index is 12.4. The lowest BCUT2D eigenvalue weighted by atomic mass is 10.1. The summed E-state index contributed by atoms with van der Waals surface area (Å²) in [6.07, 6.45) is 1.79. The van der Waals surface area contributed by atoms with Gasteiger partial charge in [0, 0.05) is 23.9 Å². The fourth-order valence-electron chi connectivity index (χ4n) is 2.99. The predicted octanol–water partition coefficient (Wildman–Crippen LogP) is 3.90. The highest BCUT2D eigenvalue weighted by Crippen LogP contribution is 2.34. The van der Waals surface area contributed by atoms with Crippen molar-refractivity contribution in [3.63, 3.8) is 0 Å². The van der Waals surface area contributed by atoms with E-state index in [1.165, 1.54) is 11.8 Å². The van der Waals surface area contributed by atoms with Gasteiger partial charge < -0.3 is 14.8 Å². The lowest BCUT2D eigenvalue weighted by Gasteiger charge is -2.09. The Kier molecular flexibility index (Phi) is 5.53. The molecular weight excluding hydrogens is 388 g/mol. The van der Waals surface area contributed by atoms with Crippen LogP contribution in [0.2, 0.25) is 0 Å². The van der Waals surface area contributed by atoms with Crippen LogP contribution in [0.25, 0.3) is 11.4 Å². The number of aryl methyl sites for hydroxylation is 1. The van der Waals surface area contributed by atoms with Gasteiger partial charge in [-0.15, -0.1) is 16.8 Å². The Morgan fingerprint density at radius 1 is 1.24 bits per heavy atom. The molecule has 0 bridgehead atoms. The molecule has 0 saturated heterocycles. The first-order valence-corrected chi connectivity index (χ1v) is 10.1. The summed E-state index contributed by atoms with van der Waals surface area (Å²) < 4.78 is 12.6. The van der Waals surface area contributed by atoms with Gasteiger partial charge in [0.1, 0.15) is 0 Å². The second kappa shape index (κ2) is 8.40. The Morgan fingerprint density at radius 3 is 2.93 bits per heavy atom. The summed E-state index contributed by atoms with van der Waals surface area (Å²) >= 11 is 1.33. The SMILES string of the molecule is C=CCn1c(SCC(=O)Nc2ccc3c(c2)OCO3)nnc1-c1cccc(C)c1. The van der Waals surface area contributed by atoms with Gasteiger partial charge in [-0.2, -0.15) is 0 Å². The molecule has 1 N–H and O–H groups in total. The van der Waals surface area contributed by atoms with Crippen molar-refractivity contribution in [3.8, 4) is 22.9 Å². The van der Waals surface area contributed by atoms with Crippen LogP contribution in [-0.2, 0) is 11.3 Å². The molecule has 3 aromatic rings. The van der Waals surface area contributed by atoms with Crippen LogP contribution in [0, 0.1) is 6.92 Å². The number of rotatable bonds is 7. The summed E-state index contributed by atoms with van der Waals surface area (Å²) in [4.78, 5) is 12.4. The maximum Gasteiger partial charge on any atom is 0.234 e. The smallest absolute Gasteiger partial charge is 0.234 e. The normalized spacial score (nSPS) is 12.0. The van der Waals surface area contributed by atoms with Crippen LogP contribution < -0.4 is 14.8 Å². The van der Waals surface area contributed by atoms with Crippen LogP contribution in [0.3, 0.4) is 0 Å². The highest BCUT2D eigenvalue weighted by atomic mass is 32.2. The minimum absolute atomic E-state index is 0.140. The van der Waals surface area contributed by atoms with Gasteiger partial charge in [0.25, 0.3) is 0 Å². The molecule has 2 aromatic carbocycles. The van der Waals surface area contributed by atoms with Crippen molar-refractivity contribution < 1.29 is 14.3 Å². The summed E-state index contributed by atoms with van der Waals surface area (Å²) in [5.74, 6) is 2.13. The molecule has 0 fully saturated rings. The highest BCUT2D eigenvalue weighted by Gasteiger charge is 2.17. The number of carbonyl (C=O) groups excluding carboxylic acids is 1. The van der Waals surface area contributed by atoms with E-state index in [-0.39, 0.29) is 18.5 Å². The summed E-state index contributed by atoms with van der Waals surface area (Å²) in [6, 6.07) is 13.4. The van der Waals surface area contributed by atoms with E-state index in [0.717, 1.165) is 17.0 Å². The van der Waals surface area contributed by atoms with E-state index in [1.54, 1.807) is 24.3 Å². The summed E-state index contributed by atoms with van der Waals surface area (Å²) in [6.45, 7) is 6.61. The van der Waals surface area contributed by atoms with Crippen LogP contribution >= 0.6 is 11.8 Å². The van der Waals surface area contributed by atoms with Gasteiger partial charge in [0.15, 0.2) is 22.5 Å². The molecule has 4 rings (SSSR count). The monoisotopic (exact) mass is 408 g/mol. The minimum atomic E-state index is -0.140. The van der Waals surface area contributed by atoms with Crippen LogP contribution in [0.1, 0.15) is 5.56 Å². The molecule has 0 saturated carbocycles. The predicted molar refractivity (Wildman–Crippen MR) is 112 cm³/mol. The molecule has 0 unspecified atom stereocenters. The average Bonchev–Trinajstić information content (AvgIpc) is 3.33. The summed E-state index contributed by atoms with van der Waals surface area (Å²) in [5, 5.41) is 12.1. The fourth-order valence-corrected chi connectivity index (χ4v) is 3.74. The fraction of sp³-hybridized carbons (Fsp3) is 0.190. The Labute approximate surface area is 172 Å². The Hall–Kier alpha value is -3.26. The van der Waals surface area contributed by atoms with Gasteiger partial charge in [-0.25, -0.2) is 0 Å². The number of benzene rings is 2. The van der Waals surface area contributed by atoms with Crippen LogP contribution in [-0.4, -0.2) is 33.2 Å². The number of fused-ring (bicyclic) bond motifs is 1. The maximum atomic E-state index is 12.4. The molecule has 0 atom stereocenters. The third-order valence-corrected chi connectivity index (χ3v) is 5.26. The first-order valence-electron chi connectivity index (χ1n) is 9.07. The summed E-state index contributed by atoms with van der Waals surface area (Å²) in [5.41, 5.74) is 2.79. The van der Waals surface area contributed by atoms with Gasteiger partial charge in [-0.3, -0.25) is 9.36 Å². The van der Waals surface area contributed by atoms with Crippen molar-refractivity contribution in [3.05, 3.63) is 60.7 Å². The van der Waals surface area contributed by atoms with Crippen molar-refractivity contribution in [1.82, 2.24) is 14.8 Å². The van der Waals surface area contributed by atoms with E-state index in [1.807, 2.05) is 29.7 Å². The van der Waals surface area contributed by atoms with E-state index in [2.05, 4.69) is 28.2 Å². The standard InChI is InChI=1S/C21H20N4O3S/c1-3-9-25-20(15-6-4-5-14(2)10-15)23-24-21(25)29-12-19(26)22-16-7-8-17-18(11-16)28-13-27-17/h3-8,10-11H,1,9,12-13H2,2H3,(H,22,26). The Morgan fingerprint density at radius 2 is 2.10 bits per heavy atom. The quantitative estimate of drug-likeness (QED) is 0.472. The number of hydrogen-bond donors (Lipinski definition) is 1. The second-order valence-corrected chi connectivity index (χ2v) is 7.42. The topological polar surface area (TPSA) is 78.3 Å². The number of nitrogens with zero attached hydrogens (tertiary/aromatic N) is 3. The van der Waals surface area contributed by atoms with Crippen molar-refractivity contribution >= 4 is 23.4 Å².